The van der Waals surface area contributed by atoms with Crippen LogP contribution >= 0.6 is 0 Å². The van der Waals surface area contributed by atoms with E-state index >= 15 is 0 Å². The molecule has 0 aliphatic rings. The van der Waals surface area contributed by atoms with Gasteiger partial charge in [-0.3, -0.25) is 0 Å². The highest BCUT2D eigenvalue weighted by Gasteiger charge is 2.37. The first-order valence-electron chi connectivity index (χ1n) is 4.72. The highest BCUT2D eigenvalue weighted by Crippen LogP contribution is 2.26. The summed E-state index contributed by atoms with van der Waals surface area (Å²) in [5, 5.41) is 10.4. The maximum Gasteiger partial charge on any atom is 0.191 e. The smallest absolute Gasteiger partial charge is 0.191 e. The standard InChI is InChI=1S/C11H17NO3/c1-14-10(15-2)11(13,8-12)9-6-4-3-5-7-9/h3-7,10,13H,8,12H2,1-2H3/t11-/m1/s1. The summed E-state index contributed by atoms with van der Waals surface area (Å²) < 4.78 is 10.1. The lowest BCUT2D eigenvalue weighted by molar-refractivity contribution is -0.216. The normalized spacial score (nSPS) is 15.3. The van der Waals surface area contributed by atoms with Crippen LogP contribution in [0.2, 0.25) is 0 Å². The fourth-order valence-corrected chi connectivity index (χ4v) is 1.56. The quantitative estimate of drug-likeness (QED) is 0.694. The fraction of sp³-hybridized carbons (Fsp3) is 0.455. The van der Waals surface area contributed by atoms with Crippen molar-refractivity contribution < 1.29 is 14.6 Å². The Hall–Kier alpha value is -0.940. The number of methoxy groups -OCH3 is 2. The van der Waals surface area contributed by atoms with Gasteiger partial charge in [0.2, 0.25) is 0 Å². The Kier molecular flexibility index (Phi) is 4.23. The number of hydrogen-bond donors (Lipinski definition) is 2. The molecule has 0 saturated heterocycles. The lowest BCUT2D eigenvalue weighted by Crippen LogP contribution is -2.47. The van der Waals surface area contributed by atoms with Crippen molar-refractivity contribution in [2.45, 2.75) is 11.9 Å². The van der Waals surface area contributed by atoms with Crippen LogP contribution in [0.3, 0.4) is 0 Å². The van der Waals surface area contributed by atoms with Gasteiger partial charge in [-0.1, -0.05) is 30.3 Å². The average molecular weight is 211 g/mol. The molecular weight excluding hydrogens is 194 g/mol. The molecule has 0 radical (unpaired) electrons. The zero-order valence-corrected chi connectivity index (χ0v) is 9.01. The second-order valence-electron chi connectivity index (χ2n) is 3.30. The Labute approximate surface area is 89.6 Å². The second-order valence-corrected chi connectivity index (χ2v) is 3.30. The van der Waals surface area contributed by atoms with Crippen molar-refractivity contribution in [3.05, 3.63) is 35.9 Å². The molecule has 0 heterocycles. The van der Waals surface area contributed by atoms with Crippen molar-refractivity contribution in [1.82, 2.24) is 0 Å². The Balaban J connectivity index is 3.04. The number of benzene rings is 1. The predicted octanol–water partition coefficient (Wildman–Crippen LogP) is 0.452. The summed E-state index contributed by atoms with van der Waals surface area (Å²) in [6.45, 7) is 0.0311. The minimum absolute atomic E-state index is 0.0311. The molecule has 0 amide bonds. The largest absolute Gasteiger partial charge is 0.378 e. The van der Waals surface area contributed by atoms with Gasteiger partial charge in [-0.15, -0.1) is 0 Å². The van der Waals surface area contributed by atoms with Crippen molar-refractivity contribution in [3.8, 4) is 0 Å². The molecule has 0 bridgehead atoms. The molecule has 4 heteroatoms. The molecule has 1 atom stereocenters. The molecule has 0 aliphatic heterocycles. The van der Waals surface area contributed by atoms with Crippen LogP contribution in [0.1, 0.15) is 5.56 Å². The minimum Gasteiger partial charge on any atom is -0.378 e. The molecule has 0 saturated carbocycles. The molecule has 1 aromatic carbocycles. The Bertz CT molecular complexity index is 287. The summed E-state index contributed by atoms with van der Waals surface area (Å²) in [5.74, 6) is 0. The van der Waals surface area contributed by atoms with Crippen molar-refractivity contribution in [1.29, 1.82) is 0 Å². The number of rotatable bonds is 5. The number of nitrogens with two attached hydrogens (primary N) is 1. The fourth-order valence-electron chi connectivity index (χ4n) is 1.56. The van der Waals surface area contributed by atoms with E-state index in [0.29, 0.717) is 5.56 Å². The molecule has 15 heavy (non-hydrogen) atoms. The van der Waals surface area contributed by atoms with Crippen LogP contribution in [-0.2, 0) is 15.1 Å². The summed E-state index contributed by atoms with van der Waals surface area (Å²) in [7, 11) is 2.94. The van der Waals surface area contributed by atoms with Gasteiger partial charge >= 0.3 is 0 Å². The zero-order chi connectivity index (χ0) is 11.3. The summed E-state index contributed by atoms with van der Waals surface area (Å²) >= 11 is 0. The van der Waals surface area contributed by atoms with Gasteiger partial charge in [0.25, 0.3) is 0 Å². The van der Waals surface area contributed by atoms with Gasteiger partial charge in [-0.2, -0.15) is 0 Å². The minimum atomic E-state index is -1.31. The molecule has 0 aromatic heterocycles. The highest BCUT2D eigenvalue weighted by molar-refractivity contribution is 5.23. The first-order valence-corrected chi connectivity index (χ1v) is 4.72. The predicted molar refractivity (Wildman–Crippen MR) is 57.2 cm³/mol. The van der Waals surface area contributed by atoms with E-state index in [1.165, 1.54) is 14.2 Å². The molecule has 1 aromatic rings. The Morgan fingerprint density at radius 2 is 1.80 bits per heavy atom. The van der Waals surface area contributed by atoms with E-state index in [1.54, 1.807) is 12.1 Å². The van der Waals surface area contributed by atoms with E-state index < -0.39 is 11.9 Å². The molecule has 84 valence electrons. The molecule has 0 spiro atoms. The topological polar surface area (TPSA) is 64.7 Å². The number of aliphatic hydroxyl groups is 1. The molecule has 3 N–H and O–H groups in total. The Morgan fingerprint density at radius 3 is 2.20 bits per heavy atom. The third kappa shape index (κ3) is 2.35. The third-order valence-electron chi connectivity index (χ3n) is 2.40. The second kappa shape index (κ2) is 5.23. The summed E-state index contributed by atoms with van der Waals surface area (Å²) in [4.78, 5) is 0. The first kappa shape index (κ1) is 12.1. The van der Waals surface area contributed by atoms with Crippen molar-refractivity contribution in [2.75, 3.05) is 20.8 Å². The van der Waals surface area contributed by atoms with Gasteiger partial charge in [0.1, 0.15) is 0 Å². The lowest BCUT2D eigenvalue weighted by Gasteiger charge is -2.33. The van der Waals surface area contributed by atoms with Crippen LogP contribution in [0.15, 0.2) is 30.3 Å². The third-order valence-corrected chi connectivity index (χ3v) is 2.40. The van der Waals surface area contributed by atoms with Crippen molar-refractivity contribution >= 4 is 0 Å². The van der Waals surface area contributed by atoms with E-state index in [4.69, 9.17) is 15.2 Å². The average Bonchev–Trinajstić information content (AvgIpc) is 2.31. The SMILES string of the molecule is COC(OC)[C@@](O)(CN)c1ccccc1. The van der Waals surface area contributed by atoms with E-state index in [2.05, 4.69) is 0 Å². The van der Waals surface area contributed by atoms with Crippen LogP contribution < -0.4 is 5.73 Å². The molecular formula is C11H17NO3. The van der Waals surface area contributed by atoms with Crippen molar-refractivity contribution in [2.24, 2.45) is 5.73 Å². The molecule has 0 aliphatic carbocycles. The van der Waals surface area contributed by atoms with Crippen LogP contribution in [0.25, 0.3) is 0 Å². The van der Waals surface area contributed by atoms with Gasteiger partial charge in [0, 0.05) is 20.8 Å². The van der Waals surface area contributed by atoms with Crippen molar-refractivity contribution in [3.63, 3.8) is 0 Å². The van der Waals surface area contributed by atoms with Gasteiger partial charge < -0.3 is 20.3 Å². The van der Waals surface area contributed by atoms with E-state index in [-0.39, 0.29) is 6.54 Å². The van der Waals surface area contributed by atoms with Crippen LogP contribution in [0.5, 0.6) is 0 Å². The van der Waals surface area contributed by atoms with E-state index in [9.17, 15) is 5.11 Å². The van der Waals surface area contributed by atoms with E-state index in [0.717, 1.165) is 0 Å². The van der Waals surface area contributed by atoms with E-state index in [1.807, 2.05) is 18.2 Å². The monoisotopic (exact) mass is 211 g/mol. The van der Waals surface area contributed by atoms with Crippen LogP contribution in [0, 0.1) is 0 Å². The molecule has 0 fully saturated rings. The summed E-state index contributed by atoms with van der Waals surface area (Å²) in [5.41, 5.74) is 4.95. The van der Waals surface area contributed by atoms with Gasteiger partial charge in [0.05, 0.1) is 0 Å². The molecule has 0 unspecified atom stereocenters. The maximum atomic E-state index is 10.4. The van der Waals surface area contributed by atoms with Gasteiger partial charge in [0.15, 0.2) is 11.9 Å². The highest BCUT2D eigenvalue weighted by atomic mass is 16.7. The summed E-state index contributed by atoms with van der Waals surface area (Å²) in [6, 6.07) is 9.11. The van der Waals surface area contributed by atoms with Gasteiger partial charge in [-0.05, 0) is 5.56 Å². The lowest BCUT2D eigenvalue weighted by atomic mass is 9.93. The zero-order valence-electron chi connectivity index (χ0n) is 9.01. The maximum absolute atomic E-state index is 10.4. The van der Waals surface area contributed by atoms with Gasteiger partial charge in [-0.25, -0.2) is 0 Å². The van der Waals surface area contributed by atoms with Crippen LogP contribution in [-0.4, -0.2) is 32.2 Å². The number of ether oxygens (including phenoxy) is 2. The molecule has 1 rings (SSSR count). The number of hydrogen-bond acceptors (Lipinski definition) is 4. The summed E-state index contributed by atoms with van der Waals surface area (Å²) in [6.07, 6.45) is -0.773. The first-order chi connectivity index (χ1) is 7.19. The Morgan fingerprint density at radius 1 is 1.27 bits per heavy atom. The molecule has 4 nitrogen and oxygen atoms in total. The van der Waals surface area contributed by atoms with Crippen LogP contribution in [0.4, 0.5) is 0 Å².